The normalized spacial score (nSPS) is 15.1. The van der Waals surface area contributed by atoms with Gasteiger partial charge in [-0.25, -0.2) is 4.98 Å². The van der Waals surface area contributed by atoms with Gasteiger partial charge in [0, 0.05) is 18.1 Å². The van der Waals surface area contributed by atoms with Crippen molar-refractivity contribution in [2.24, 2.45) is 4.99 Å². The van der Waals surface area contributed by atoms with Gasteiger partial charge in [-0.3, -0.25) is 9.79 Å². The first-order chi connectivity index (χ1) is 7.25. The minimum absolute atomic E-state index is 0.136. The fraction of sp³-hybridized carbons (Fsp3) is 0.375. The van der Waals surface area contributed by atoms with E-state index < -0.39 is 0 Å². The lowest BCUT2D eigenvalue weighted by Gasteiger charge is -2.04. The second kappa shape index (κ2) is 4.67. The third kappa shape index (κ3) is 2.73. The van der Waals surface area contributed by atoms with Crippen molar-refractivity contribution in [2.45, 2.75) is 6.54 Å². The van der Waals surface area contributed by atoms with Crippen LogP contribution in [0.1, 0.15) is 0 Å². The van der Waals surface area contributed by atoms with Crippen molar-refractivity contribution < 1.29 is 4.79 Å². The molecule has 1 aromatic rings. The molecule has 1 aliphatic heterocycles. The molecular weight excluding hydrogens is 236 g/mol. The molecule has 1 aromatic heterocycles. The standard InChI is InChI=1S/C8H9ClN4OS/c9-7-10-1-3-13(7)5-6(14)12-8-11-2-4-15-8/h1,3H,2,4-5H2,(H,11,12,14). The van der Waals surface area contributed by atoms with Crippen LogP contribution in [0.4, 0.5) is 0 Å². The van der Waals surface area contributed by atoms with E-state index in [0.717, 1.165) is 12.3 Å². The molecule has 80 valence electrons. The van der Waals surface area contributed by atoms with E-state index in [9.17, 15) is 4.79 Å². The van der Waals surface area contributed by atoms with Gasteiger partial charge in [-0.1, -0.05) is 11.8 Å². The van der Waals surface area contributed by atoms with Crippen LogP contribution >= 0.6 is 23.4 Å². The molecule has 7 heteroatoms. The summed E-state index contributed by atoms with van der Waals surface area (Å²) in [5, 5.41) is 3.71. The van der Waals surface area contributed by atoms with Gasteiger partial charge < -0.3 is 9.88 Å². The molecule has 5 nitrogen and oxygen atoms in total. The second-order valence-electron chi connectivity index (χ2n) is 2.91. The third-order valence-corrected chi connectivity index (χ3v) is 3.02. The Bertz CT molecular complexity index is 403. The Labute approximate surface area is 95.9 Å². The van der Waals surface area contributed by atoms with E-state index in [4.69, 9.17) is 11.6 Å². The van der Waals surface area contributed by atoms with Crippen LogP contribution in [0.3, 0.4) is 0 Å². The highest BCUT2D eigenvalue weighted by molar-refractivity contribution is 8.14. The molecular formula is C8H9ClN4OS. The van der Waals surface area contributed by atoms with E-state index in [-0.39, 0.29) is 12.5 Å². The van der Waals surface area contributed by atoms with Crippen LogP contribution in [0.15, 0.2) is 17.4 Å². The summed E-state index contributed by atoms with van der Waals surface area (Å²) in [7, 11) is 0. The van der Waals surface area contributed by atoms with Gasteiger partial charge >= 0.3 is 0 Å². The van der Waals surface area contributed by atoms with Crippen molar-refractivity contribution in [2.75, 3.05) is 12.3 Å². The predicted octanol–water partition coefficient (Wildman–Crippen LogP) is 0.756. The first kappa shape index (κ1) is 10.5. The Kier molecular flexibility index (Phi) is 3.27. The van der Waals surface area contributed by atoms with Crippen molar-refractivity contribution in [3.63, 3.8) is 0 Å². The zero-order valence-corrected chi connectivity index (χ0v) is 9.38. The Morgan fingerprint density at radius 1 is 1.73 bits per heavy atom. The first-order valence-electron chi connectivity index (χ1n) is 4.39. The van der Waals surface area contributed by atoms with Gasteiger partial charge in [-0.2, -0.15) is 0 Å². The number of halogens is 1. The Morgan fingerprint density at radius 2 is 2.60 bits per heavy atom. The number of aliphatic imine (C=N–C) groups is 1. The number of amides is 1. The number of nitrogens with zero attached hydrogens (tertiary/aromatic N) is 3. The molecule has 0 atom stereocenters. The molecule has 15 heavy (non-hydrogen) atoms. The molecule has 1 aliphatic rings. The monoisotopic (exact) mass is 244 g/mol. The SMILES string of the molecule is O=C(Cn1ccnc1Cl)NC1=NCCS1. The van der Waals surface area contributed by atoms with Crippen LogP contribution in [0.5, 0.6) is 0 Å². The predicted molar refractivity (Wildman–Crippen MR) is 60.1 cm³/mol. The minimum atomic E-state index is -0.136. The van der Waals surface area contributed by atoms with E-state index in [2.05, 4.69) is 15.3 Å². The van der Waals surface area contributed by atoms with Crippen LogP contribution in [0, 0.1) is 0 Å². The average molecular weight is 245 g/mol. The van der Waals surface area contributed by atoms with Gasteiger partial charge in [-0.15, -0.1) is 0 Å². The van der Waals surface area contributed by atoms with Crippen molar-refractivity contribution in [3.05, 3.63) is 17.7 Å². The lowest BCUT2D eigenvalue weighted by atomic mass is 10.6. The number of carbonyl (C=O) groups is 1. The highest BCUT2D eigenvalue weighted by atomic mass is 35.5. The lowest BCUT2D eigenvalue weighted by Crippen LogP contribution is -2.30. The van der Waals surface area contributed by atoms with Gasteiger partial charge in [0.25, 0.3) is 0 Å². The summed E-state index contributed by atoms with van der Waals surface area (Å²) in [6.45, 7) is 0.935. The van der Waals surface area contributed by atoms with E-state index in [0.29, 0.717) is 10.5 Å². The molecule has 2 heterocycles. The van der Waals surface area contributed by atoms with Crippen molar-refractivity contribution >= 4 is 34.4 Å². The Hall–Kier alpha value is -1.01. The first-order valence-corrected chi connectivity index (χ1v) is 5.76. The zero-order chi connectivity index (χ0) is 10.7. The lowest BCUT2D eigenvalue weighted by molar-refractivity contribution is -0.120. The summed E-state index contributed by atoms with van der Waals surface area (Å²) in [6.07, 6.45) is 3.21. The summed E-state index contributed by atoms with van der Waals surface area (Å²) in [5.41, 5.74) is 0. The number of aromatic nitrogens is 2. The van der Waals surface area contributed by atoms with Gasteiger partial charge in [0.15, 0.2) is 5.17 Å². The molecule has 0 spiro atoms. The molecule has 0 unspecified atom stereocenters. The summed E-state index contributed by atoms with van der Waals surface area (Å²) in [6, 6.07) is 0. The summed E-state index contributed by atoms with van der Waals surface area (Å²) in [4.78, 5) is 19.4. The fourth-order valence-electron chi connectivity index (χ4n) is 1.15. The summed E-state index contributed by atoms with van der Waals surface area (Å²) < 4.78 is 1.57. The molecule has 0 bridgehead atoms. The molecule has 0 aliphatic carbocycles. The fourth-order valence-corrected chi connectivity index (χ4v) is 2.07. The maximum atomic E-state index is 11.5. The maximum absolute atomic E-state index is 11.5. The number of carbonyl (C=O) groups excluding carboxylic acids is 1. The van der Waals surface area contributed by atoms with Gasteiger partial charge in [0.1, 0.15) is 6.54 Å². The number of thioether (sulfide) groups is 1. The highest BCUT2D eigenvalue weighted by Gasteiger charge is 2.11. The van der Waals surface area contributed by atoms with E-state index in [1.54, 1.807) is 28.7 Å². The number of hydrogen-bond acceptors (Lipinski definition) is 4. The maximum Gasteiger partial charge on any atom is 0.245 e. The Balaban J connectivity index is 1.90. The highest BCUT2D eigenvalue weighted by Crippen LogP contribution is 2.09. The molecule has 0 fully saturated rings. The van der Waals surface area contributed by atoms with Crippen LogP contribution in [-0.2, 0) is 11.3 Å². The number of rotatable bonds is 2. The number of hydrogen-bond donors (Lipinski definition) is 1. The average Bonchev–Trinajstić information content (AvgIpc) is 2.79. The number of imidazole rings is 1. The van der Waals surface area contributed by atoms with Crippen molar-refractivity contribution in [3.8, 4) is 0 Å². The zero-order valence-electron chi connectivity index (χ0n) is 7.81. The van der Waals surface area contributed by atoms with Gasteiger partial charge in [0.05, 0.1) is 6.54 Å². The van der Waals surface area contributed by atoms with Gasteiger partial charge in [0.2, 0.25) is 11.2 Å². The molecule has 1 amide bonds. The molecule has 0 aromatic carbocycles. The quantitative estimate of drug-likeness (QED) is 0.836. The number of nitrogens with one attached hydrogen (secondary N) is 1. The molecule has 0 saturated carbocycles. The minimum Gasteiger partial charge on any atom is -0.312 e. The van der Waals surface area contributed by atoms with Gasteiger partial charge in [-0.05, 0) is 11.6 Å². The van der Waals surface area contributed by atoms with E-state index in [1.165, 1.54) is 0 Å². The van der Waals surface area contributed by atoms with E-state index in [1.807, 2.05) is 0 Å². The molecule has 0 radical (unpaired) electrons. The largest absolute Gasteiger partial charge is 0.312 e. The van der Waals surface area contributed by atoms with E-state index >= 15 is 0 Å². The summed E-state index contributed by atoms with van der Waals surface area (Å²) in [5.74, 6) is 0.796. The summed E-state index contributed by atoms with van der Waals surface area (Å²) >= 11 is 7.28. The van der Waals surface area contributed by atoms with Crippen molar-refractivity contribution in [1.29, 1.82) is 0 Å². The number of amidine groups is 1. The molecule has 0 saturated heterocycles. The van der Waals surface area contributed by atoms with Crippen LogP contribution < -0.4 is 5.32 Å². The second-order valence-corrected chi connectivity index (χ2v) is 4.33. The molecule has 1 N–H and O–H groups in total. The van der Waals surface area contributed by atoms with Crippen LogP contribution in [-0.4, -0.2) is 32.9 Å². The topological polar surface area (TPSA) is 59.3 Å². The van der Waals surface area contributed by atoms with Crippen molar-refractivity contribution in [1.82, 2.24) is 14.9 Å². The van der Waals surface area contributed by atoms with Crippen LogP contribution in [0.2, 0.25) is 5.28 Å². The third-order valence-electron chi connectivity index (χ3n) is 1.81. The molecule has 2 rings (SSSR count). The smallest absolute Gasteiger partial charge is 0.245 e. The van der Waals surface area contributed by atoms with Crippen LogP contribution in [0.25, 0.3) is 0 Å². The Morgan fingerprint density at radius 3 is 3.20 bits per heavy atom.